The molecule has 10 nitrogen and oxygen atoms in total. The van der Waals surface area contributed by atoms with Crippen LogP contribution in [0.5, 0.6) is 0 Å². The molecule has 1 aliphatic heterocycles. The number of benzene rings is 2. The van der Waals surface area contributed by atoms with E-state index in [2.05, 4.69) is 25.9 Å². The first kappa shape index (κ1) is 25.1. The van der Waals surface area contributed by atoms with Crippen molar-refractivity contribution in [1.29, 1.82) is 0 Å². The highest BCUT2D eigenvalue weighted by Gasteiger charge is 2.37. The first-order valence-electron chi connectivity index (χ1n) is 11.5. The van der Waals surface area contributed by atoms with Gasteiger partial charge in [-0.15, -0.1) is 0 Å². The van der Waals surface area contributed by atoms with Crippen LogP contribution in [0.15, 0.2) is 54.7 Å². The van der Waals surface area contributed by atoms with Crippen molar-refractivity contribution >= 4 is 29.3 Å². The Morgan fingerprint density at radius 3 is 2.69 bits per heavy atom. The summed E-state index contributed by atoms with van der Waals surface area (Å²) in [5.41, 5.74) is 2.25. The summed E-state index contributed by atoms with van der Waals surface area (Å²) in [4.78, 5) is 33.8. The monoisotopic (exact) mass is 491 g/mol. The standard InChI is InChI=1S/C26H29N5O5/c1-26(2)20-13-17(9-10-18(20)24(34)36-26)29-25-28-14-19(23(33)27-11-12-35-3)22(31-25)30-21(15-32)16-7-5-4-6-8-16/h4-10,13-14,21,32H,11-12,15H2,1-3H3,(H,27,33)(H2,28,29,30,31). The van der Waals surface area contributed by atoms with E-state index in [0.29, 0.717) is 24.4 Å². The van der Waals surface area contributed by atoms with Crippen molar-refractivity contribution in [2.45, 2.75) is 25.5 Å². The predicted octanol–water partition coefficient (Wildman–Crippen LogP) is 3.15. The Morgan fingerprint density at radius 1 is 1.19 bits per heavy atom. The predicted molar refractivity (Wildman–Crippen MR) is 134 cm³/mol. The largest absolute Gasteiger partial charge is 0.451 e. The molecular formula is C26H29N5O5. The third-order valence-corrected chi connectivity index (χ3v) is 5.81. The second kappa shape index (κ2) is 10.7. The molecule has 0 fully saturated rings. The number of carbonyl (C=O) groups is 2. The fourth-order valence-electron chi connectivity index (χ4n) is 3.93. The van der Waals surface area contributed by atoms with Gasteiger partial charge in [0.05, 0.1) is 24.8 Å². The number of hydrogen-bond acceptors (Lipinski definition) is 9. The molecule has 0 saturated carbocycles. The number of anilines is 3. The summed E-state index contributed by atoms with van der Waals surface area (Å²) in [6, 6.07) is 14.1. The summed E-state index contributed by atoms with van der Waals surface area (Å²) in [5.74, 6) is -0.242. The summed E-state index contributed by atoms with van der Waals surface area (Å²) < 4.78 is 10.4. The maximum atomic E-state index is 12.8. The van der Waals surface area contributed by atoms with Crippen LogP contribution in [-0.4, -0.2) is 53.8 Å². The number of cyclic esters (lactones) is 1. The number of aromatic nitrogens is 2. The number of amides is 1. The molecule has 1 aromatic heterocycles. The zero-order valence-corrected chi connectivity index (χ0v) is 20.4. The van der Waals surface area contributed by atoms with Gasteiger partial charge < -0.3 is 30.5 Å². The van der Waals surface area contributed by atoms with Gasteiger partial charge in [0.25, 0.3) is 5.91 Å². The van der Waals surface area contributed by atoms with E-state index in [4.69, 9.17) is 9.47 Å². The molecule has 0 spiro atoms. The highest BCUT2D eigenvalue weighted by Crippen LogP contribution is 2.37. The smallest absolute Gasteiger partial charge is 0.339 e. The maximum Gasteiger partial charge on any atom is 0.339 e. The molecule has 2 aromatic carbocycles. The van der Waals surface area contributed by atoms with E-state index < -0.39 is 11.6 Å². The Morgan fingerprint density at radius 2 is 1.97 bits per heavy atom. The van der Waals surface area contributed by atoms with E-state index in [0.717, 1.165) is 11.1 Å². The average Bonchev–Trinajstić information content (AvgIpc) is 3.10. The second-order valence-electron chi connectivity index (χ2n) is 8.78. The van der Waals surface area contributed by atoms with Gasteiger partial charge in [0, 0.05) is 31.1 Å². The van der Waals surface area contributed by atoms with E-state index in [-0.39, 0.29) is 35.8 Å². The van der Waals surface area contributed by atoms with Crippen LogP contribution in [-0.2, 0) is 15.1 Å². The fraction of sp³-hybridized carbons (Fsp3) is 0.308. The van der Waals surface area contributed by atoms with E-state index >= 15 is 0 Å². The zero-order chi connectivity index (χ0) is 25.7. The second-order valence-corrected chi connectivity index (χ2v) is 8.78. The Labute approximate surface area is 209 Å². The Hall–Kier alpha value is -4.02. The minimum absolute atomic E-state index is 0.213. The fourth-order valence-corrected chi connectivity index (χ4v) is 3.93. The minimum Gasteiger partial charge on any atom is -0.451 e. The van der Waals surface area contributed by atoms with Crippen LogP contribution in [0.3, 0.4) is 0 Å². The van der Waals surface area contributed by atoms with Crippen LogP contribution < -0.4 is 16.0 Å². The Kier molecular flexibility index (Phi) is 7.47. The molecule has 10 heteroatoms. The number of aliphatic hydroxyl groups excluding tert-OH is 1. The van der Waals surface area contributed by atoms with Gasteiger partial charge in [0.1, 0.15) is 17.0 Å². The lowest BCUT2D eigenvalue weighted by Crippen LogP contribution is -2.29. The van der Waals surface area contributed by atoms with Gasteiger partial charge in [0.2, 0.25) is 5.95 Å². The summed E-state index contributed by atoms with van der Waals surface area (Å²) in [7, 11) is 1.55. The van der Waals surface area contributed by atoms with Gasteiger partial charge >= 0.3 is 5.97 Å². The van der Waals surface area contributed by atoms with Crippen LogP contribution in [0.25, 0.3) is 0 Å². The normalized spacial score (nSPS) is 14.5. The van der Waals surface area contributed by atoms with Crippen LogP contribution >= 0.6 is 0 Å². The molecule has 1 unspecified atom stereocenters. The molecule has 3 aromatic rings. The van der Waals surface area contributed by atoms with E-state index in [9.17, 15) is 14.7 Å². The van der Waals surface area contributed by atoms with Gasteiger partial charge in [-0.25, -0.2) is 9.78 Å². The number of nitrogens with zero attached hydrogens (tertiary/aromatic N) is 2. The number of esters is 1. The molecule has 0 aliphatic carbocycles. The van der Waals surface area contributed by atoms with E-state index in [1.54, 1.807) is 19.2 Å². The minimum atomic E-state index is -0.744. The molecule has 4 rings (SSSR count). The highest BCUT2D eigenvalue weighted by atomic mass is 16.6. The van der Waals surface area contributed by atoms with Crippen molar-refractivity contribution in [3.63, 3.8) is 0 Å². The number of hydrogen-bond donors (Lipinski definition) is 4. The molecule has 1 atom stereocenters. The Balaban J connectivity index is 1.64. The average molecular weight is 492 g/mol. The molecule has 0 radical (unpaired) electrons. The van der Waals surface area contributed by atoms with Crippen molar-refractivity contribution < 1.29 is 24.2 Å². The van der Waals surface area contributed by atoms with Crippen molar-refractivity contribution in [2.24, 2.45) is 0 Å². The van der Waals surface area contributed by atoms with Crippen molar-refractivity contribution in [3.05, 3.63) is 77.0 Å². The molecule has 4 N–H and O–H groups in total. The maximum absolute atomic E-state index is 12.8. The molecule has 0 bridgehead atoms. The molecular weight excluding hydrogens is 462 g/mol. The summed E-state index contributed by atoms with van der Waals surface area (Å²) in [6.45, 7) is 4.13. The molecule has 0 saturated heterocycles. The van der Waals surface area contributed by atoms with Crippen molar-refractivity contribution in [3.8, 4) is 0 Å². The van der Waals surface area contributed by atoms with Gasteiger partial charge in [-0.1, -0.05) is 30.3 Å². The zero-order valence-electron chi connectivity index (χ0n) is 20.4. The molecule has 36 heavy (non-hydrogen) atoms. The Bertz CT molecular complexity index is 1250. The number of nitrogens with one attached hydrogen (secondary N) is 3. The van der Waals surface area contributed by atoms with Gasteiger partial charge in [-0.3, -0.25) is 4.79 Å². The third kappa shape index (κ3) is 5.45. The first-order chi connectivity index (χ1) is 17.3. The topological polar surface area (TPSA) is 135 Å². The number of aliphatic hydroxyl groups is 1. The summed E-state index contributed by atoms with van der Waals surface area (Å²) in [6.07, 6.45) is 1.42. The summed E-state index contributed by atoms with van der Waals surface area (Å²) in [5, 5.41) is 19.1. The van der Waals surface area contributed by atoms with Crippen LogP contribution in [0.1, 0.15) is 51.7 Å². The van der Waals surface area contributed by atoms with E-state index in [1.807, 2.05) is 50.2 Å². The molecule has 1 amide bonds. The number of rotatable bonds is 10. The van der Waals surface area contributed by atoms with Gasteiger partial charge in [0.15, 0.2) is 0 Å². The van der Waals surface area contributed by atoms with E-state index in [1.165, 1.54) is 6.20 Å². The SMILES string of the molecule is COCCNC(=O)c1cnc(Nc2ccc3c(c2)C(C)(C)OC3=O)nc1NC(CO)c1ccccc1. The highest BCUT2D eigenvalue weighted by molar-refractivity contribution is 5.99. The number of fused-ring (bicyclic) bond motifs is 1. The van der Waals surface area contributed by atoms with Crippen molar-refractivity contribution in [2.75, 3.05) is 37.5 Å². The molecule has 2 heterocycles. The van der Waals surface area contributed by atoms with Crippen LogP contribution in [0.4, 0.5) is 17.5 Å². The number of methoxy groups -OCH3 is 1. The van der Waals surface area contributed by atoms with Crippen LogP contribution in [0, 0.1) is 0 Å². The lowest BCUT2D eigenvalue weighted by Gasteiger charge is -2.20. The van der Waals surface area contributed by atoms with Gasteiger partial charge in [-0.2, -0.15) is 4.98 Å². The quantitative estimate of drug-likeness (QED) is 0.249. The molecule has 188 valence electrons. The van der Waals surface area contributed by atoms with Gasteiger partial charge in [-0.05, 0) is 37.6 Å². The van der Waals surface area contributed by atoms with Crippen LogP contribution in [0.2, 0.25) is 0 Å². The lowest BCUT2D eigenvalue weighted by atomic mass is 9.95. The lowest BCUT2D eigenvalue weighted by molar-refractivity contribution is 0.00953. The number of ether oxygens (including phenoxy) is 2. The third-order valence-electron chi connectivity index (χ3n) is 5.81. The first-order valence-corrected chi connectivity index (χ1v) is 11.5. The van der Waals surface area contributed by atoms with Crippen molar-refractivity contribution in [1.82, 2.24) is 15.3 Å². The molecule has 1 aliphatic rings. The summed E-state index contributed by atoms with van der Waals surface area (Å²) >= 11 is 0. The number of carbonyl (C=O) groups excluding carboxylic acids is 2.